The van der Waals surface area contributed by atoms with E-state index in [0.717, 1.165) is 6.07 Å². The number of rotatable bonds is 7. The molecule has 0 saturated carbocycles. The summed E-state index contributed by atoms with van der Waals surface area (Å²) in [4.78, 5) is 37.1. The highest BCUT2D eigenvalue weighted by Gasteiger charge is 2.28. The predicted molar refractivity (Wildman–Crippen MR) is 141 cm³/mol. The van der Waals surface area contributed by atoms with Gasteiger partial charge in [0.05, 0.1) is 17.4 Å². The van der Waals surface area contributed by atoms with Crippen LogP contribution in [0.3, 0.4) is 0 Å². The first kappa shape index (κ1) is 27.2. The van der Waals surface area contributed by atoms with Crippen LogP contribution in [-0.2, 0) is 18.4 Å². The fraction of sp³-hybridized carbons (Fsp3) is 0.333. The molecule has 1 N–H and O–H groups in total. The molecular weight excluding hydrogens is 529 g/mol. The zero-order chi connectivity index (χ0) is 28.6. The third-order valence-electron chi connectivity index (χ3n) is 7.08. The van der Waals surface area contributed by atoms with Crippen LogP contribution in [0.4, 0.5) is 19.1 Å². The van der Waals surface area contributed by atoms with Crippen molar-refractivity contribution >= 4 is 22.8 Å². The number of carbonyl (C=O) groups excluding carboxylic acids is 1. The van der Waals surface area contributed by atoms with Crippen LogP contribution in [0.1, 0.15) is 12.5 Å². The molecule has 210 valence electrons. The second-order valence-electron chi connectivity index (χ2n) is 9.53. The van der Waals surface area contributed by atoms with E-state index in [1.54, 1.807) is 27.8 Å². The molecule has 0 aliphatic carbocycles. The normalized spacial score (nSPS) is 15.7. The molecule has 1 atom stereocenters. The van der Waals surface area contributed by atoms with E-state index in [9.17, 15) is 18.4 Å². The smallest absolute Gasteiger partial charge is 0.387 e. The molecule has 0 unspecified atom stereocenters. The van der Waals surface area contributed by atoms with Crippen LogP contribution >= 0.6 is 0 Å². The van der Waals surface area contributed by atoms with Gasteiger partial charge in [-0.15, -0.1) is 0 Å². The Morgan fingerprint density at radius 3 is 2.58 bits per heavy atom. The number of hydrogen-bond donors (Lipinski definition) is 1. The molecule has 5 rings (SSSR count). The van der Waals surface area contributed by atoms with Gasteiger partial charge in [0.15, 0.2) is 0 Å². The molecule has 40 heavy (non-hydrogen) atoms. The summed E-state index contributed by atoms with van der Waals surface area (Å²) in [6, 6.07) is 8.85. The lowest BCUT2D eigenvalue weighted by atomic mass is 10.1. The van der Waals surface area contributed by atoms with Gasteiger partial charge in [0.1, 0.15) is 18.2 Å². The molecule has 0 radical (unpaired) electrons. The highest BCUT2D eigenvalue weighted by atomic mass is 19.3. The summed E-state index contributed by atoms with van der Waals surface area (Å²) in [6.07, 6.45) is 2.98. The summed E-state index contributed by atoms with van der Waals surface area (Å²) in [5, 5.41) is 9.26. The summed E-state index contributed by atoms with van der Waals surface area (Å²) in [5.41, 5.74) is 0.935. The van der Waals surface area contributed by atoms with Crippen molar-refractivity contribution in [3.8, 4) is 16.9 Å². The zero-order valence-corrected chi connectivity index (χ0v) is 21.8. The number of hydrogen-bond acceptors (Lipinski definition) is 7. The molecule has 2 aromatic heterocycles. The maximum atomic E-state index is 15.2. The average Bonchev–Trinajstić information content (AvgIpc) is 3.17. The first-order valence-corrected chi connectivity index (χ1v) is 12.6. The molecular formula is C27H27F3N6O4. The number of amides is 1. The van der Waals surface area contributed by atoms with E-state index in [4.69, 9.17) is 5.11 Å². The van der Waals surface area contributed by atoms with Crippen molar-refractivity contribution in [3.63, 3.8) is 0 Å². The van der Waals surface area contributed by atoms with Crippen LogP contribution in [-0.4, -0.2) is 74.1 Å². The Kier molecular flexibility index (Phi) is 7.48. The predicted octanol–water partition coefficient (Wildman–Crippen LogP) is 2.62. The Bertz CT molecular complexity index is 1600. The highest BCUT2D eigenvalue weighted by molar-refractivity contribution is 5.85. The van der Waals surface area contributed by atoms with Gasteiger partial charge in [0.2, 0.25) is 11.9 Å². The number of benzene rings is 2. The first-order chi connectivity index (χ1) is 19.2. The van der Waals surface area contributed by atoms with Crippen LogP contribution in [0.15, 0.2) is 53.6 Å². The van der Waals surface area contributed by atoms with Gasteiger partial charge in [-0.2, -0.15) is 8.78 Å². The quantitative estimate of drug-likeness (QED) is 0.373. The molecule has 1 fully saturated rings. The van der Waals surface area contributed by atoms with E-state index < -0.39 is 24.6 Å². The molecule has 1 amide bonds. The van der Waals surface area contributed by atoms with Crippen LogP contribution in [0.25, 0.3) is 22.0 Å². The second kappa shape index (κ2) is 11.0. The summed E-state index contributed by atoms with van der Waals surface area (Å²) >= 11 is 0. The van der Waals surface area contributed by atoms with E-state index >= 15 is 4.39 Å². The minimum absolute atomic E-state index is 0.0195. The number of alkyl halides is 2. The Morgan fingerprint density at radius 1 is 1.18 bits per heavy atom. The summed E-state index contributed by atoms with van der Waals surface area (Å²) in [5.74, 6) is -0.572. The summed E-state index contributed by atoms with van der Waals surface area (Å²) in [6.45, 7) is -0.310. The lowest BCUT2D eigenvalue weighted by Crippen LogP contribution is -2.54. The Labute approximate surface area is 226 Å². The first-order valence-electron chi connectivity index (χ1n) is 12.6. The number of para-hydroxylation sites is 1. The molecule has 0 bridgehead atoms. The molecule has 3 heterocycles. The number of aliphatic hydroxyl groups is 1. The van der Waals surface area contributed by atoms with Crippen molar-refractivity contribution < 1.29 is 27.8 Å². The number of carbonyl (C=O) groups is 1. The minimum Gasteiger partial charge on any atom is -0.434 e. The molecule has 13 heteroatoms. The van der Waals surface area contributed by atoms with Gasteiger partial charge in [0, 0.05) is 61.8 Å². The fourth-order valence-electron chi connectivity index (χ4n) is 5.00. The van der Waals surface area contributed by atoms with Gasteiger partial charge >= 0.3 is 6.61 Å². The van der Waals surface area contributed by atoms with E-state index in [1.165, 1.54) is 36.3 Å². The van der Waals surface area contributed by atoms with Crippen molar-refractivity contribution in [2.75, 3.05) is 31.1 Å². The van der Waals surface area contributed by atoms with E-state index in [2.05, 4.69) is 14.7 Å². The molecule has 2 aromatic carbocycles. The lowest BCUT2D eigenvalue weighted by Gasteiger charge is -2.39. The number of piperazine rings is 1. The van der Waals surface area contributed by atoms with Crippen molar-refractivity contribution in [1.29, 1.82) is 0 Å². The number of anilines is 1. The largest absolute Gasteiger partial charge is 0.434 e. The van der Waals surface area contributed by atoms with Crippen LogP contribution in [0.2, 0.25) is 0 Å². The SMILES string of the molecule is C[C@@H]1CN(C(=O)CO)CCN1c1ncc(-c2cc3c(cc2F)c(=O)n(C)n3Cc2ccccc2OC(F)F)cn1. The summed E-state index contributed by atoms with van der Waals surface area (Å²) in [7, 11) is 1.52. The van der Waals surface area contributed by atoms with Gasteiger partial charge in [-0.25, -0.2) is 14.4 Å². The van der Waals surface area contributed by atoms with Gasteiger partial charge in [-0.3, -0.25) is 19.0 Å². The molecule has 1 aliphatic heterocycles. The van der Waals surface area contributed by atoms with Crippen LogP contribution in [0, 0.1) is 5.82 Å². The third-order valence-corrected chi connectivity index (χ3v) is 7.08. The van der Waals surface area contributed by atoms with E-state index in [-0.39, 0.29) is 35.2 Å². The van der Waals surface area contributed by atoms with Gasteiger partial charge in [-0.05, 0) is 25.1 Å². The summed E-state index contributed by atoms with van der Waals surface area (Å²) < 4.78 is 48.6. The standard InChI is InChI=1S/C27H27F3N6O4/c1-16-13-34(24(38)15-37)7-8-35(16)27-31-11-18(12-32-27)19-10-22-20(9-21(19)28)25(39)33(2)36(22)14-17-5-3-4-6-23(17)40-26(29)30/h3-6,9-12,16,26,37H,7-8,13-15H2,1-2H3/t16-/m1/s1. The molecule has 10 nitrogen and oxygen atoms in total. The number of ether oxygens (including phenoxy) is 1. The number of nitrogens with zero attached hydrogens (tertiary/aromatic N) is 6. The van der Waals surface area contributed by atoms with Gasteiger partial charge in [-0.1, -0.05) is 18.2 Å². The second-order valence-corrected chi connectivity index (χ2v) is 9.53. The maximum absolute atomic E-state index is 15.2. The molecule has 0 spiro atoms. The van der Waals surface area contributed by atoms with Crippen LogP contribution < -0.4 is 15.2 Å². The van der Waals surface area contributed by atoms with Crippen LogP contribution in [0.5, 0.6) is 5.75 Å². The number of aliphatic hydroxyl groups excluding tert-OH is 1. The molecule has 1 saturated heterocycles. The van der Waals surface area contributed by atoms with Crippen molar-refractivity contribution in [2.45, 2.75) is 26.1 Å². The van der Waals surface area contributed by atoms with Crippen molar-refractivity contribution in [2.24, 2.45) is 7.05 Å². The van der Waals surface area contributed by atoms with Gasteiger partial charge in [0.25, 0.3) is 5.56 Å². The van der Waals surface area contributed by atoms with Crippen molar-refractivity contribution in [3.05, 3.63) is 70.5 Å². The topological polar surface area (TPSA) is 106 Å². The number of halogens is 3. The van der Waals surface area contributed by atoms with E-state index in [0.29, 0.717) is 42.2 Å². The number of aromatic nitrogens is 4. The monoisotopic (exact) mass is 556 g/mol. The van der Waals surface area contributed by atoms with E-state index in [1.807, 2.05) is 11.8 Å². The minimum atomic E-state index is -3.01. The maximum Gasteiger partial charge on any atom is 0.387 e. The Hall–Kier alpha value is -4.39. The van der Waals surface area contributed by atoms with Crippen molar-refractivity contribution in [1.82, 2.24) is 24.2 Å². The molecule has 1 aliphatic rings. The zero-order valence-electron chi connectivity index (χ0n) is 21.8. The number of fused-ring (bicyclic) bond motifs is 1. The lowest BCUT2D eigenvalue weighted by molar-refractivity contribution is -0.134. The Balaban J connectivity index is 1.46. The van der Waals surface area contributed by atoms with Gasteiger partial charge < -0.3 is 19.6 Å². The fourth-order valence-corrected chi connectivity index (χ4v) is 5.00. The Morgan fingerprint density at radius 2 is 1.90 bits per heavy atom. The molecule has 4 aromatic rings. The third kappa shape index (κ3) is 5.11. The highest BCUT2D eigenvalue weighted by Crippen LogP contribution is 2.29. The average molecular weight is 557 g/mol.